The van der Waals surface area contributed by atoms with Gasteiger partial charge in [0.05, 0.1) is 18.2 Å². The minimum Gasteiger partial charge on any atom is -0.338 e. The van der Waals surface area contributed by atoms with Gasteiger partial charge < -0.3 is 15.5 Å². The van der Waals surface area contributed by atoms with Crippen molar-refractivity contribution < 1.29 is 19.2 Å². The number of nitrogens with one attached hydrogen (secondary N) is 2. The van der Waals surface area contributed by atoms with Crippen LogP contribution in [-0.2, 0) is 14.4 Å². The second-order valence-electron chi connectivity index (χ2n) is 6.89. The van der Waals surface area contributed by atoms with E-state index < -0.39 is 23.9 Å². The second kappa shape index (κ2) is 9.95. The lowest BCUT2D eigenvalue weighted by Crippen LogP contribution is -2.48. The lowest BCUT2D eigenvalue weighted by molar-refractivity contribution is -0.191. The summed E-state index contributed by atoms with van der Waals surface area (Å²) < 4.78 is 0. The van der Waals surface area contributed by atoms with E-state index in [0.29, 0.717) is 16.3 Å². The van der Waals surface area contributed by atoms with E-state index >= 15 is 0 Å². The first-order valence-corrected chi connectivity index (χ1v) is 9.98. The van der Waals surface area contributed by atoms with Crippen LogP contribution in [0.3, 0.4) is 0 Å². The molecule has 3 amide bonds. The van der Waals surface area contributed by atoms with Crippen molar-refractivity contribution in [2.45, 2.75) is 19.9 Å². The van der Waals surface area contributed by atoms with Crippen LogP contribution in [0.15, 0.2) is 71.9 Å². The van der Waals surface area contributed by atoms with E-state index in [1.54, 1.807) is 37.3 Å². The van der Waals surface area contributed by atoms with E-state index in [2.05, 4.69) is 10.6 Å². The minimum atomic E-state index is -0.754. The zero-order valence-electron chi connectivity index (χ0n) is 17.1. The third-order valence-electron chi connectivity index (χ3n) is 4.53. The van der Waals surface area contributed by atoms with E-state index in [9.17, 15) is 14.4 Å². The Bertz CT molecular complexity index is 1050. The Morgan fingerprint density at radius 2 is 1.90 bits per heavy atom. The maximum absolute atomic E-state index is 13.4. The lowest BCUT2D eigenvalue weighted by atomic mass is 9.95. The standard InChI is InChI=1S/C23H22ClN3O4/c1-15-20(21(26-23(30)25-15)18-11-6-12-19(24)14-18)22(29)27(31-16(2)28)13-7-10-17-8-4-3-5-9-17/h3-12,14,21H,13H2,1-2H3,(H2,25,26,30). The summed E-state index contributed by atoms with van der Waals surface area (Å²) in [6.45, 7) is 2.87. The van der Waals surface area contributed by atoms with Crippen molar-refractivity contribution in [3.8, 4) is 0 Å². The fraction of sp³-hybridized carbons (Fsp3) is 0.174. The molecule has 0 radical (unpaired) electrons. The molecule has 0 aliphatic carbocycles. The Labute approximate surface area is 185 Å². The molecule has 3 rings (SSSR count). The molecular formula is C23H22ClN3O4. The number of benzene rings is 2. The maximum Gasteiger partial charge on any atom is 0.329 e. The predicted octanol–water partition coefficient (Wildman–Crippen LogP) is 3.99. The summed E-state index contributed by atoms with van der Waals surface area (Å²) in [5.41, 5.74) is 2.18. The molecule has 1 heterocycles. The van der Waals surface area contributed by atoms with Crippen LogP contribution in [0.4, 0.5) is 4.79 Å². The molecule has 2 aromatic rings. The van der Waals surface area contributed by atoms with E-state index in [1.807, 2.05) is 36.4 Å². The molecule has 160 valence electrons. The van der Waals surface area contributed by atoms with Crippen molar-refractivity contribution >= 4 is 35.6 Å². The molecule has 0 fully saturated rings. The molecule has 0 bridgehead atoms. The first kappa shape index (κ1) is 22.1. The van der Waals surface area contributed by atoms with Gasteiger partial charge in [0.2, 0.25) is 0 Å². The number of amides is 3. The number of hydrogen-bond acceptors (Lipinski definition) is 4. The van der Waals surface area contributed by atoms with Crippen LogP contribution in [0.1, 0.15) is 31.0 Å². The van der Waals surface area contributed by atoms with Crippen LogP contribution in [0, 0.1) is 0 Å². The molecule has 2 N–H and O–H groups in total. The summed E-state index contributed by atoms with van der Waals surface area (Å²) in [5, 5.41) is 6.78. The summed E-state index contributed by atoms with van der Waals surface area (Å²) in [6.07, 6.45) is 3.54. The smallest absolute Gasteiger partial charge is 0.329 e. The summed E-state index contributed by atoms with van der Waals surface area (Å²) in [4.78, 5) is 42.3. The summed E-state index contributed by atoms with van der Waals surface area (Å²) in [5.74, 6) is -1.19. The molecule has 8 heteroatoms. The monoisotopic (exact) mass is 439 g/mol. The van der Waals surface area contributed by atoms with Gasteiger partial charge in [-0.25, -0.2) is 4.79 Å². The van der Waals surface area contributed by atoms with E-state index in [-0.39, 0.29) is 12.1 Å². The van der Waals surface area contributed by atoms with Gasteiger partial charge in [-0.05, 0) is 30.2 Å². The number of hydrogen-bond donors (Lipinski definition) is 2. The van der Waals surface area contributed by atoms with Gasteiger partial charge in [-0.15, -0.1) is 0 Å². The molecule has 1 unspecified atom stereocenters. The fourth-order valence-corrected chi connectivity index (χ4v) is 3.41. The van der Waals surface area contributed by atoms with Gasteiger partial charge in [-0.2, -0.15) is 5.06 Å². The number of allylic oxidation sites excluding steroid dienone is 1. The summed E-state index contributed by atoms with van der Waals surface area (Å²) >= 11 is 6.10. The molecule has 7 nitrogen and oxygen atoms in total. The van der Waals surface area contributed by atoms with Gasteiger partial charge in [0.1, 0.15) is 0 Å². The highest BCUT2D eigenvalue weighted by Crippen LogP contribution is 2.29. The van der Waals surface area contributed by atoms with Gasteiger partial charge >= 0.3 is 12.0 Å². The van der Waals surface area contributed by atoms with Crippen LogP contribution < -0.4 is 10.6 Å². The number of hydroxylamine groups is 2. The van der Waals surface area contributed by atoms with Gasteiger partial charge in [0.25, 0.3) is 5.91 Å². The number of halogens is 1. The zero-order chi connectivity index (χ0) is 22.4. The van der Waals surface area contributed by atoms with Gasteiger partial charge in [-0.1, -0.05) is 66.2 Å². The largest absolute Gasteiger partial charge is 0.338 e. The predicted molar refractivity (Wildman–Crippen MR) is 118 cm³/mol. The Kier molecular flexibility index (Phi) is 7.10. The molecule has 1 atom stereocenters. The van der Waals surface area contributed by atoms with Crippen molar-refractivity contribution in [1.82, 2.24) is 15.7 Å². The molecule has 0 saturated heterocycles. The molecule has 31 heavy (non-hydrogen) atoms. The van der Waals surface area contributed by atoms with Crippen LogP contribution in [-0.4, -0.2) is 29.5 Å². The molecule has 1 aliphatic heterocycles. The van der Waals surface area contributed by atoms with E-state index in [0.717, 1.165) is 10.6 Å². The Balaban J connectivity index is 1.91. The van der Waals surface area contributed by atoms with Crippen molar-refractivity contribution in [3.63, 3.8) is 0 Å². The first-order valence-electron chi connectivity index (χ1n) is 9.61. The van der Waals surface area contributed by atoms with Crippen LogP contribution in [0.2, 0.25) is 5.02 Å². The highest BCUT2D eigenvalue weighted by Gasteiger charge is 2.34. The fourth-order valence-electron chi connectivity index (χ4n) is 3.21. The number of carbonyl (C=O) groups is 3. The highest BCUT2D eigenvalue weighted by molar-refractivity contribution is 6.30. The minimum absolute atomic E-state index is 0.0281. The Morgan fingerprint density at radius 1 is 1.16 bits per heavy atom. The quantitative estimate of drug-likeness (QED) is 0.689. The number of carbonyl (C=O) groups excluding carboxylic acids is 3. The molecule has 1 aliphatic rings. The normalized spacial score (nSPS) is 16.0. The number of urea groups is 1. The number of nitrogens with zero attached hydrogens (tertiary/aromatic N) is 1. The van der Waals surface area contributed by atoms with Crippen LogP contribution in [0.25, 0.3) is 6.08 Å². The van der Waals surface area contributed by atoms with Gasteiger partial charge in [-0.3, -0.25) is 9.59 Å². The van der Waals surface area contributed by atoms with E-state index in [1.165, 1.54) is 6.92 Å². The summed E-state index contributed by atoms with van der Waals surface area (Å²) in [6, 6.07) is 15.2. The average molecular weight is 440 g/mol. The van der Waals surface area contributed by atoms with Crippen molar-refractivity contribution in [3.05, 3.63) is 88.1 Å². The topological polar surface area (TPSA) is 87.7 Å². The first-order chi connectivity index (χ1) is 14.8. The lowest BCUT2D eigenvalue weighted by Gasteiger charge is -2.31. The van der Waals surface area contributed by atoms with Crippen molar-refractivity contribution in [2.24, 2.45) is 0 Å². The molecular weight excluding hydrogens is 418 g/mol. The van der Waals surface area contributed by atoms with E-state index in [4.69, 9.17) is 16.4 Å². The zero-order valence-corrected chi connectivity index (χ0v) is 17.8. The average Bonchev–Trinajstić information content (AvgIpc) is 2.72. The number of rotatable bonds is 5. The third-order valence-corrected chi connectivity index (χ3v) is 4.76. The SMILES string of the molecule is CC(=O)ON(CC=Cc1ccccc1)C(=O)C1=C(C)NC(=O)NC1c1cccc(Cl)c1. The summed E-state index contributed by atoms with van der Waals surface area (Å²) in [7, 11) is 0. The van der Waals surface area contributed by atoms with Crippen molar-refractivity contribution in [1.29, 1.82) is 0 Å². The van der Waals surface area contributed by atoms with Gasteiger partial charge in [0.15, 0.2) is 0 Å². The van der Waals surface area contributed by atoms with Crippen LogP contribution in [0.5, 0.6) is 0 Å². The molecule has 0 spiro atoms. The Hall–Kier alpha value is -3.58. The second-order valence-corrected chi connectivity index (χ2v) is 7.32. The molecule has 0 saturated carbocycles. The van der Waals surface area contributed by atoms with Crippen LogP contribution >= 0.6 is 11.6 Å². The van der Waals surface area contributed by atoms with Crippen molar-refractivity contribution in [2.75, 3.05) is 6.54 Å². The van der Waals surface area contributed by atoms with Gasteiger partial charge in [0, 0.05) is 17.6 Å². The Morgan fingerprint density at radius 3 is 2.58 bits per heavy atom. The highest BCUT2D eigenvalue weighted by atomic mass is 35.5. The third kappa shape index (κ3) is 5.73. The molecule has 0 aromatic heterocycles. The maximum atomic E-state index is 13.4. The molecule has 2 aromatic carbocycles.